The van der Waals surface area contributed by atoms with E-state index < -0.39 is 0 Å². The Bertz CT molecular complexity index is 768. The molecule has 1 aliphatic rings. The van der Waals surface area contributed by atoms with Crippen molar-refractivity contribution in [1.29, 1.82) is 0 Å². The molecule has 252 valence electrons. The molecule has 43 heavy (non-hydrogen) atoms. The Labute approximate surface area is 261 Å². The monoisotopic (exact) mass is 638 g/mol. The highest BCUT2D eigenvalue weighted by Gasteiger charge is 2.22. The zero-order valence-corrected chi connectivity index (χ0v) is 27.4. The van der Waals surface area contributed by atoms with E-state index in [-0.39, 0.29) is 11.6 Å². The lowest BCUT2D eigenvalue weighted by Crippen LogP contribution is -2.44. The fraction of sp³-hybridized carbons (Fsp3) is 0.929. The van der Waals surface area contributed by atoms with Gasteiger partial charge in [-0.1, -0.05) is 0 Å². The average molecular weight is 639 g/mol. The molecule has 1 aromatic heterocycles. The highest BCUT2D eigenvalue weighted by Crippen LogP contribution is 2.26. The SMILES string of the molecule is COCCOCCOCCOCCOCCOCCOCCOC(CNC(C)(C)C)COc1nsnc1N1CCOCC1. The highest BCUT2D eigenvalue weighted by atomic mass is 32.1. The first-order chi connectivity index (χ1) is 21.0. The van der Waals surface area contributed by atoms with E-state index in [1.54, 1.807) is 7.11 Å². The number of nitrogens with one attached hydrogen (secondary N) is 1. The molecule has 0 bridgehead atoms. The summed E-state index contributed by atoms with van der Waals surface area (Å²) in [5.74, 6) is 1.32. The van der Waals surface area contributed by atoms with E-state index in [0.29, 0.717) is 125 Å². The van der Waals surface area contributed by atoms with Crippen LogP contribution in [-0.4, -0.2) is 159 Å². The number of rotatable bonds is 28. The van der Waals surface area contributed by atoms with Crippen molar-refractivity contribution in [1.82, 2.24) is 14.1 Å². The third-order valence-corrected chi connectivity index (χ3v) is 6.39. The van der Waals surface area contributed by atoms with Crippen LogP contribution in [0.2, 0.25) is 0 Å². The van der Waals surface area contributed by atoms with Gasteiger partial charge in [0.2, 0.25) is 5.82 Å². The lowest BCUT2D eigenvalue weighted by molar-refractivity contribution is -0.0343. The molecule has 0 spiro atoms. The Hall–Kier alpha value is -1.24. The minimum absolute atomic E-state index is 0.0392. The molecule has 1 fully saturated rings. The molecular formula is C28H54N4O10S. The molecule has 1 aromatic rings. The summed E-state index contributed by atoms with van der Waals surface area (Å²) in [5, 5.41) is 3.49. The molecule has 0 aromatic carbocycles. The normalized spacial score (nSPS) is 14.8. The summed E-state index contributed by atoms with van der Waals surface area (Å²) in [6.45, 7) is 17.5. The summed E-state index contributed by atoms with van der Waals surface area (Å²) in [4.78, 5) is 2.14. The van der Waals surface area contributed by atoms with Gasteiger partial charge in [-0.2, -0.15) is 4.37 Å². The smallest absolute Gasteiger partial charge is 0.270 e. The third kappa shape index (κ3) is 20.4. The van der Waals surface area contributed by atoms with E-state index in [2.05, 4.69) is 39.7 Å². The van der Waals surface area contributed by atoms with Gasteiger partial charge in [-0.05, 0) is 20.8 Å². The summed E-state index contributed by atoms with van der Waals surface area (Å²) >= 11 is 1.15. The number of ether oxygens (including phenoxy) is 10. The van der Waals surface area contributed by atoms with Crippen LogP contribution in [0, 0.1) is 0 Å². The Kier molecular flexibility index (Phi) is 22.1. The van der Waals surface area contributed by atoms with Crippen LogP contribution in [0.25, 0.3) is 0 Å². The predicted octanol–water partition coefficient (Wildman–Crippen LogP) is 1.27. The highest BCUT2D eigenvalue weighted by molar-refractivity contribution is 6.99. The fourth-order valence-corrected chi connectivity index (χ4v) is 4.13. The molecule has 1 N–H and O–H groups in total. The molecular weight excluding hydrogens is 584 g/mol. The summed E-state index contributed by atoms with van der Waals surface area (Å²) in [7, 11) is 1.65. The van der Waals surface area contributed by atoms with Crippen molar-refractivity contribution in [3.63, 3.8) is 0 Å². The van der Waals surface area contributed by atoms with Gasteiger partial charge in [-0.25, -0.2) is 0 Å². The first-order valence-electron chi connectivity index (χ1n) is 15.1. The van der Waals surface area contributed by atoms with Crippen molar-refractivity contribution in [2.45, 2.75) is 32.4 Å². The topological polar surface area (TPSA) is 133 Å². The molecule has 1 saturated heterocycles. The molecule has 14 nitrogen and oxygen atoms in total. The molecule has 1 aliphatic heterocycles. The minimum Gasteiger partial charge on any atom is -0.472 e. The molecule has 0 amide bonds. The van der Waals surface area contributed by atoms with E-state index in [1.165, 1.54) is 0 Å². The number of morpholine rings is 1. The summed E-state index contributed by atoms with van der Waals surface area (Å²) in [6, 6.07) is 0. The molecule has 1 atom stereocenters. The van der Waals surface area contributed by atoms with Crippen LogP contribution in [0.3, 0.4) is 0 Å². The van der Waals surface area contributed by atoms with Crippen LogP contribution >= 0.6 is 11.7 Å². The van der Waals surface area contributed by atoms with Gasteiger partial charge in [0.1, 0.15) is 12.7 Å². The van der Waals surface area contributed by atoms with E-state index in [1.807, 2.05) is 0 Å². The number of hydrogen-bond donors (Lipinski definition) is 1. The van der Waals surface area contributed by atoms with Gasteiger partial charge < -0.3 is 57.6 Å². The van der Waals surface area contributed by atoms with E-state index in [4.69, 9.17) is 47.4 Å². The van der Waals surface area contributed by atoms with Gasteiger partial charge in [-0.3, -0.25) is 0 Å². The van der Waals surface area contributed by atoms with Gasteiger partial charge in [0.15, 0.2) is 0 Å². The second-order valence-corrected chi connectivity index (χ2v) is 11.1. The molecule has 0 radical (unpaired) electrons. The maximum Gasteiger partial charge on any atom is 0.270 e. The zero-order chi connectivity index (χ0) is 30.9. The average Bonchev–Trinajstić information content (AvgIpc) is 3.47. The Morgan fingerprint density at radius 3 is 1.72 bits per heavy atom. The lowest BCUT2D eigenvalue weighted by Gasteiger charge is -2.27. The largest absolute Gasteiger partial charge is 0.472 e. The molecule has 0 saturated carbocycles. The van der Waals surface area contributed by atoms with Crippen LogP contribution < -0.4 is 15.0 Å². The summed E-state index contributed by atoms with van der Waals surface area (Å²) < 4.78 is 64.2. The number of hydrogen-bond acceptors (Lipinski definition) is 15. The number of aromatic nitrogens is 2. The van der Waals surface area contributed by atoms with Gasteiger partial charge in [-0.15, -0.1) is 4.37 Å². The van der Waals surface area contributed by atoms with Gasteiger partial charge in [0.05, 0.1) is 117 Å². The molecule has 2 rings (SSSR count). The summed E-state index contributed by atoms with van der Waals surface area (Å²) in [5.41, 5.74) is -0.0392. The van der Waals surface area contributed by atoms with Gasteiger partial charge in [0.25, 0.3) is 5.88 Å². The van der Waals surface area contributed by atoms with Gasteiger partial charge in [0, 0.05) is 32.3 Å². The molecule has 2 heterocycles. The van der Waals surface area contributed by atoms with Crippen molar-refractivity contribution in [2.75, 3.05) is 144 Å². The number of anilines is 1. The quantitative estimate of drug-likeness (QED) is 0.132. The van der Waals surface area contributed by atoms with Crippen LogP contribution in [0.1, 0.15) is 20.8 Å². The van der Waals surface area contributed by atoms with E-state index >= 15 is 0 Å². The minimum atomic E-state index is -0.169. The second-order valence-electron chi connectivity index (χ2n) is 10.6. The van der Waals surface area contributed by atoms with Crippen molar-refractivity contribution in [2.24, 2.45) is 0 Å². The van der Waals surface area contributed by atoms with E-state index in [9.17, 15) is 0 Å². The second kappa shape index (κ2) is 25.0. The van der Waals surface area contributed by atoms with Crippen LogP contribution in [0.5, 0.6) is 5.88 Å². The molecule has 0 aliphatic carbocycles. The van der Waals surface area contributed by atoms with Gasteiger partial charge >= 0.3 is 0 Å². The van der Waals surface area contributed by atoms with Crippen LogP contribution in [-0.2, 0) is 42.6 Å². The fourth-order valence-electron chi connectivity index (χ4n) is 3.61. The van der Waals surface area contributed by atoms with Crippen molar-refractivity contribution in [3.8, 4) is 5.88 Å². The maximum atomic E-state index is 6.08. The first kappa shape index (κ1) is 37.9. The Morgan fingerprint density at radius 2 is 1.23 bits per heavy atom. The van der Waals surface area contributed by atoms with Crippen molar-refractivity contribution in [3.05, 3.63) is 0 Å². The Morgan fingerprint density at radius 1 is 0.744 bits per heavy atom. The molecule has 15 heteroatoms. The zero-order valence-electron chi connectivity index (χ0n) is 26.6. The van der Waals surface area contributed by atoms with E-state index in [0.717, 1.165) is 30.6 Å². The van der Waals surface area contributed by atoms with Crippen molar-refractivity contribution < 1.29 is 47.4 Å². The number of nitrogens with zero attached hydrogens (tertiary/aromatic N) is 3. The predicted molar refractivity (Wildman–Crippen MR) is 163 cm³/mol. The van der Waals surface area contributed by atoms with Crippen LogP contribution in [0.15, 0.2) is 0 Å². The third-order valence-electron chi connectivity index (χ3n) is 5.89. The molecule has 1 unspecified atom stereocenters. The van der Waals surface area contributed by atoms with Crippen molar-refractivity contribution >= 4 is 17.5 Å². The van der Waals surface area contributed by atoms with Crippen LogP contribution in [0.4, 0.5) is 5.82 Å². The Balaban J connectivity index is 1.44. The maximum absolute atomic E-state index is 6.08. The first-order valence-corrected chi connectivity index (χ1v) is 15.8. The lowest BCUT2D eigenvalue weighted by atomic mass is 10.1. The standard InChI is InChI=1S/C28H54N4O10S/c1-28(2,3)29-23-25(24-42-27-26(30-43-31-27)32-5-7-34-8-6-32)41-22-21-40-20-19-39-18-17-38-16-15-37-14-13-36-12-11-35-10-9-33-4/h25,29H,5-24H2,1-4H3. The summed E-state index contributed by atoms with van der Waals surface area (Å²) in [6.07, 6.45) is -0.169. The number of methoxy groups -OCH3 is 1.